The first-order chi connectivity index (χ1) is 8.29. The van der Waals surface area contributed by atoms with Crippen LogP contribution in [0.25, 0.3) is 0 Å². The third-order valence-electron chi connectivity index (χ3n) is 3.68. The van der Waals surface area contributed by atoms with Crippen molar-refractivity contribution in [3.05, 3.63) is 0 Å². The van der Waals surface area contributed by atoms with E-state index < -0.39 is 0 Å². The molecule has 1 saturated heterocycles. The van der Waals surface area contributed by atoms with E-state index in [0.717, 1.165) is 6.42 Å². The maximum absolute atomic E-state index is 12.0. The van der Waals surface area contributed by atoms with E-state index in [4.69, 9.17) is 0 Å². The predicted octanol–water partition coefficient (Wildman–Crippen LogP) is 0.454. The fraction of sp³-hybridized carbons (Fsp3) is 0.846. The fourth-order valence-corrected chi connectivity index (χ4v) is 1.83. The minimum Gasteiger partial charge on any atom is -0.304 e. The summed E-state index contributed by atoms with van der Waals surface area (Å²) in [4.78, 5) is 27.2. The van der Waals surface area contributed by atoms with Crippen molar-refractivity contribution in [2.75, 3.05) is 27.2 Å². The molecular formula is C13H25N3O2. The van der Waals surface area contributed by atoms with Crippen LogP contribution >= 0.6 is 0 Å². The van der Waals surface area contributed by atoms with E-state index in [1.807, 2.05) is 21.0 Å². The van der Waals surface area contributed by atoms with Gasteiger partial charge in [-0.2, -0.15) is 0 Å². The lowest BCUT2D eigenvalue weighted by atomic mass is 10.0. The quantitative estimate of drug-likeness (QED) is 0.700. The standard InChI is InChI=1S/C13H25N3O2/c1-6-7-16-11(17)8-10(12(16)18)14-9-13(2,3)15(4)5/h10,14H,6-9H2,1-5H3. The van der Waals surface area contributed by atoms with Crippen LogP contribution in [0.4, 0.5) is 0 Å². The van der Waals surface area contributed by atoms with Gasteiger partial charge in [-0.05, 0) is 34.4 Å². The molecule has 5 heteroatoms. The molecule has 1 fully saturated rings. The lowest BCUT2D eigenvalue weighted by Gasteiger charge is -2.33. The summed E-state index contributed by atoms with van der Waals surface area (Å²) < 4.78 is 0. The smallest absolute Gasteiger partial charge is 0.246 e. The molecule has 0 saturated carbocycles. The van der Waals surface area contributed by atoms with Gasteiger partial charge in [0.05, 0.1) is 12.5 Å². The molecule has 18 heavy (non-hydrogen) atoms. The second kappa shape index (κ2) is 5.80. The van der Waals surface area contributed by atoms with E-state index in [-0.39, 0.29) is 23.4 Å². The topological polar surface area (TPSA) is 52.7 Å². The Morgan fingerprint density at radius 2 is 2.00 bits per heavy atom. The van der Waals surface area contributed by atoms with Crippen LogP contribution in [0.1, 0.15) is 33.6 Å². The predicted molar refractivity (Wildman–Crippen MR) is 71.2 cm³/mol. The molecule has 1 rings (SSSR count). The van der Waals surface area contributed by atoms with Gasteiger partial charge in [-0.15, -0.1) is 0 Å². The van der Waals surface area contributed by atoms with Crippen LogP contribution in [0.2, 0.25) is 0 Å². The van der Waals surface area contributed by atoms with Gasteiger partial charge in [0.2, 0.25) is 11.8 Å². The maximum Gasteiger partial charge on any atom is 0.246 e. The van der Waals surface area contributed by atoms with Crippen molar-refractivity contribution < 1.29 is 9.59 Å². The monoisotopic (exact) mass is 255 g/mol. The third kappa shape index (κ3) is 3.29. The molecule has 2 amide bonds. The summed E-state index contributed by atoms with van der Waals surface area (Å²) in [7, 11) is 4.01. The molecule has 0 aromatic heterocycles. The molecule has 1 aliphatic rings. The SMILES string of the molecule is CCCN1C(=O)CC(NCC(C)(C)N(C)C)C1=O. The van der Waals surface area contributed by atoms with Gasteiger partial charge in [-0.25, -0.2) is 0 Å². The van der Waals surface area contributed by atoms with Crippen molar-refractivity contribution in [2.24, 2.45) is 0 Å². The minimum absolute atomic E-state index is 0.0402. The van der Waals surface area contributed by atoms with Crippen molar-refractivity contribution in [2.45, 2.75) is 45.2 Å². The van der Waals surface area contributed by atoms with Gasteiger partial charge in [-0.3, -0.25) is 14.5 Å². The zero-order valence-corrected chi connectivity index (χ0v) is 12.1. The highest BCUT2D eigenvalue weighted by Crippen LogP contribution is 2.15. The third-order valence-corrected chi connectivity index (χ3v) is 3.68. The Bertz CT molecular complexity index is 326. The van der Waals surface area contributed by atoms with Crippen molar-refractivity contribution in [1.82, 2.24) is 15.1 Å². The van der Waals surface area contributed by atoms with Gasteiger partial charge in [0.1, 0.15) is 0 Å². The number of hydrogen-bond donors (Lipinski definition) is 1. The average Bonchev–Trinajstić information content (AvgIpc) is 2.54. The molecule has 1 unspecified atom stereocenters. The van der Waals surface area contributed by atoms with Crippen LogP contribution < -0.4 is 5.32 Å². The number of carbonyl (C=O) groups excluding carboxylic acids is 2. The van der Waals surface area contributed by atoms with Crippen LogP contribution in [0.3, 0.4) is 0 Å². The number of nitrogens with zero attached hydrogens (tertiary/aromatic N) is 2. The van der Waals surface area contributed by atoms with E-state index in [1.165, 1.54) is 4.90 Å². The van der Waals surface area contributed by atoms with Crippen molar-refractivity contribution in [3.63, 3.8) is 0 Å². The molecule has 5 nitrogen and oxygen atoms in total. The van der Waals surface area contributed by atoms with Crippen LogP contribution in [-0.4, -0.2) is 60.4 Å². The highest BCUT2D eigenvalue weighted by atomic mass is 16.2. The highest BCUT2D eigenvalue weighted by molar-refractivity contribution is 6.05. The first-order valence-corrected chi connectivity index (χ1v) is 6.54. The zero-order valence-electron chi connectivity index (χ0n) is 12.1. The minimum atomic E-state index is -0.344. The van der Waals surface area contributed by atoms with Crippen molar-refractivity contribution in [1.29, 1.82) is 0 Å². The van der Waals surface area contributed by atoms with E-state index in [9.17, 15) is 9.59 Å². The summed E-state index contributed by atoms with van der Waals surface area (Å²) in [5.41, 5.74) is -0.0402. The first-order valence-electron chi connectivity index (χ1n) is 6.54. The molecule has 1 aliphatic heterocycles. The Kier molecular flexibility index (Phi) is 4.87. The number of nitrogens with one attached hydrogen (secondary N) is 1. The summed E-state index contributed by atoms with van der Waals surface area (Å²) in [6.07, 6.45) is 1.11. The summed E-state index contributed by atoms with van der Waals surface area (Å²) in [5.74, 6) is -0.126. The zero-order chi connectivity index (χ0) is 13.9. The number of carbonyl (C=O) groups is 2. The van der Waals surface area contributed by atoms with Crippen LogP contribution in [0.15, 0.2) is 0 Å². The summed E-state index contributed by atoms with van der Waals surface area (Å²) >= 11 is 0. The largest absolute Gasteiger partial charge is 0.304 e. The molecule has 1 atom stereocenters. The Morgan fingerprint density at radius 1 is 1.39 bits per heavy atom. The molecule has 1 heterocycles. The van der Waals surface area contributed by atoms with Crippen molar-refractivity contribution >= 4 is 11.8 Å². The summed E-state index contributed by atoms with van der Waals surface area (Å²) in [6.45, 7) is 7.39. The Labute approximate surface area is 110 Å². The fourth-order valence-electron chi connectivity index (χ4n) is 1.83. The number of amides is 2. The lowest BCUT2D eigenvalue weighted by molar-refractivity contribution is -0.138. The maximum atomic E-state index is 12.0. The van der Waals surface area contributed by atoms with Crippen LogP contribution in [-0.2, 0) is 9.59 Å². The summed E-state index contributed by atoms with van der Waals surface area (Å²) in [6, 6.07) is -0.344. The Morgan fingerprint density at radius 3 is 2.50 bits per heavy atom. The molecule has 1 N–H and O–H groups in total. The van der Waals surface area contributed by atoms with Gasteiger partial charge in [0, 0.05) is 18.6 Å². The van der Waals surface area contributed by atoms with Gasteiger partial charge in [0.15, 0.2) is 0 Å². The van der Waals surface area contributed by atoms with Gasteiger partial charge in [-0.1, -0.05) is 6.92 Å². The molecule has 0 aliphatic carbocycles. The molecule has 104 valence electrons. The average molecular weight is 255 g/mol. The van der Waals surface area contributed by atoms with Crippen LogP contribution in [0.5, 0.6) is 0 Å². The van der Waals surface area contributed by atoms with E-state index in [0.29, 0.717) is 19.5 Å². The van der Waals surface area contributed by atoms with Crippen LogP contribution in [0, 0.1) is 0 Å². The molecule has 0 aromatic carbocycles. The second-order valence-electron chi connectivity index (χ2n) is 5.73. The van der Waals surface area contributed by atoms with Gasteiger partial charge in [0.25, 0.3) is 0 Å². The highest BCUT2D eigenvalue weighted by Gasteiger charge is 2.38. The van der Waals surface area contributed by atoms with E-state index in [2.05, 4.69) is 24.1 Å². The number of rotatable bonds is 6. The molecule has 0 bridgehead atoms. The van der Waals surface area contributed by atoms with E-state index in [1.54, 1.807) is 0 Å². The first kappa shape index (κ1) is 15.1. The molecule has 0 spiro atoms. The van der Waals surface area contributed by atoms with Crippen molar-refractivity contribution in [3.8, 4) is 0 Å². The van der Waals surface area contributed by atoms with Gasteiger partial charge < -0.3 is 10.2 Å². The number of imide groups is 1. The number of likely N-dealkylation sites (N-methyl/N-ethyl adjacent to an activating group) is 1. The normalized spacial score (nSPS) is 21.2. The van der Waals surface area contributed by atoms with E-state index >= 15 is 0 Å². The molecule has 0 radical (unpaired) electrons. The second-order valence-corrected chi connectivity index (χ2v) is 5.73. The Balaban J connectivity index is 2.55. The lowest BCUT2D eigenvalue weighted by Crippen LogP contribution is -2.50. The van der Waals surface area contributed by atoms with Gasteiger partial charge >= 0.3 is 0 Å². The number of likely N-dealkylation sites (tertiary alicyclic amines) is 1. The number of hydrogen-bond acceptors (Lipinski definition) is 4. The Hall–Kier alpha value is -0.940. The molecule has 0 aromatic rings. The summed E-state index contributed by atoms with van der Waals surface area (Å²) in [5, 5.41) is 3.22. The molecular weight excluding hydrogens is 230 g/mol.